The first kappa shape index (κ1) is 20.8. The topological polar surface area (TPSA) is 44.4 Å². The summed E-state index contributed by atoms with van der Waals surface area (Å²) in [5, 5.41) is 6.40. The molecule has 4 nitrogen and oxygen atoms in total. The lowest BCUT2D eigenvalue weighted by molar-refractivity contribution is -0.122. The van der Waals surface area contributed by atoms with Gasteiger partial charge in [-0.15, -0.1) is 24.2 Å². The number of piperazine rings is 1. The molecule has 0 bridgehead atoms. The van der Waals surface area contributed by atoms with E-state index in [1.54, 1.807) is 11.8 Å². The minimum atomic E-state index is -0.475. The van der Waals surface area contributed by atoms with Crippen molar-refractivity contribution in [3.8, 4) is 0 Å². The van der Waals surface area contributed by atoms with Gasteiger partial charge in [-0.05, 0) is 38.1 Å². The van der Waals surface area contributed by atoms with Crippen LogP contribution >= 0.6 is 40.1 Å². The second kappa shape index (κ2) is 9.89. The molecule has 2 N–H and O–H groups in total. The quantitative estimate of drug-likeness (QED) is 0.692. The minimum absolute atomic E-state index is 0. The highest BCUT2D eigenvalue weighted by molar-refractivity contribution is 9.10. The Labute approximate surface area is 157 Å². The third-order valence-corrected chi connectivity index (χ3v) is 5.39. The van der Waals surface area contributed by atoms with E-state index in [0.717, 1.165) is 42.1 Å². The largest absolute Gasteiger partial charge is 0.354 e. The molecule has 1 aliphatic rings. The fourth-order valence-corrected chi connectivity index (χ4v) is 3.61. The Bertz CT molecular complexity index is 493. The first-order chi connectivity index (χ1) is 10.5. The summed E-state index contributed by atoms with van der Waals surface area (Å²) in [6.45, 7) is 9.78. The van der Waals surface area contributed by atoms with Crippen molar-refractivity contribution >= 4 is 46.0 Å². The third kappa shape index (κ3) is 7.01. The van der Waals surface area contributed by atoms with Crippen LogP contribution in [0.25, 0.3) is 0 Å². The summed E-state index contributed by atoms with van der Waals surface area (Å²) in [5.41, 5.74) is 0. The van der Waals surface area contributed by atoms with Gasteiger partial charge in [-0.2, -0.15) is 0 Å². The number of nitrogens with one attached hydrogen (secondary N) is 2. The predicted molar refractivity (Wildman–Crippen MR) is 104 cm³/mol. The normalized spacial score (nSPS) is 15.8. The highest BCUT2D eigenvalue weighted by Crippen LogP contribution is 2.33. The standard InChI is InChI=1S/C16H24BrN3OS.ClH/c1-16(2,22-14-5-3-13(17)4-6-14)15(21)19-9-12-20-10-7-18-8-11-20;/h3-6,18H,7-12H2,1-2H3,(H,19,21);1H. The van der Waals surface area contributed by atoms with Gasteiger partial charge in [0, 0.05) is 48.6 Å². The second-order valence-electron chi connectivity index (χ2n) is 5.91. The maximum atomic E-state index is 12.4. The second-order valence-corrected chi connectivity index (χ2v) is 8.53. The fraction of sp³-hybridized carbons (Fsp3) is 0.562. The van der Waals surface area contributed by atoms with Gasteiger partial charge in [0.2, 0.25) is 5.91 Å². The molecule has 1 amide bonds. The van der Waals surface area contributed by atoms with Crippen LogP contribution in [0.2, 0.25) is 0 Å². The molecule has 0 aromatic heterocycles. The van der Waals surface area contributed by atoms with Crippen molar-refractivity contribution in [1.29, 1.82) is 0 Å². The van der Waals surface area contributed by atoms with E-state index in [2.05, 4.69) is 31.5 Å². The molecular formula is C16H25BrClN3OS. The lowest BCUT2D eigenvalue weighted by atomic mass is 10.2. The molecule has 0 unspecified atom stereocenters. The van der Waals surface area contributed by atoms with Gasteiger partial charge in [0.15, 0.2) is 0 Å². The van der Waals surface area contributed by atoms with Gasteiger partial charge in [-0.1, -0.05) is 15.9 Å². The van der Waals surface area contributed by atoms with E-state index in [9.17, 15) is 4.79 Å². The zero-order chi connectivity index (χ0) is 16.0. The molecule has 1 fully saturated rings. The fourth-order valence-electron chi connectivity index (χ4n) is 2.32. The number of hydrogen-bond donors (Lipinski definition) is 2. The van der Waals surface area contributed by atoms with Crippen LogP contribution < -0.4 is 10.6 Å². The van der Waals surface area contributed by atoms with Gasteiger partial charge in [-0.3, -0.25) is 9.69 Å². The maximum absolute atomic E-state index is 12.4. The number of thioether (sulfide) groups is 1. The molecule has 0 radical (unpaired) electrons. The highest BCUT2D eigenvalue weighted by atomic mass is 79.9. The minimum Gasteiger partial charge on any atom is -0.354 e. The molecule has 2 rings (SSSR count). The summed E-state index contributed by atoms with van der Waals surface area (Å²) < 4.78 is 0.576. The Hall–Kier alpha value is -0.270. The SMILES string of the molecule is CC(C)(Sc1ccc(Br)cc1)C(=O)NCCN1CCNCC1.Cl. The van der Waals surface area contributed by atoms with E-state index >= 15 is 0 Å². The molecule has 0 saturated carbocycles. The van der Waals surface area contributed by atoms with Crippen molar-refractivity contribution in [3.05, 3.63) is 28.7 Å². The van der Waals surface area contributed by atoms with Gasteiger partial charge < -0.3 is 10.6 Å². The summed E-state index contributed by atoms with van der Waals surface area (Å²) in [7, 11) is 0. The molecule has 1 heterocycles. The third-order valence-electron chi connectivity index (χ3n) is 3.66. The number of rotatable bonds is 6. The summed E-state index contributed by atoms with van der Waals surface area (Å²) >= 11 is 5.02. The van der Waals surface area contributed by atoms with Gasteiger partial charge in [-0.25, -0.2) is 0 Å². The maximum Gasteiger partial charge on any atom is 0.236 e. The van der Waals surface area contributed by atoms with E-state index < -0.39 is 4.75 Å². The molecule has 0 spiro atoms. The number of carbonyl (C=O) groups is 1. The van der Waals surface area contributed by atoms with Crippen molar-refractivity contribution < 1.29 is 4.79 Å². The molecule has 130 valence electrons. The summed E-state index contributed by atoms with van der Waals surface area (Å²) in [4.78, 5) is 15.9. The van der Waals surface area contributed by atoms with Crippen molar-refractivity contribution in [2.24, 2.45) is 0 Å². The Balaban J connectivity index is 0.00000264. The van der Waals surface area contributed by atoms with Gasteiger partial charge in [0.05, 0.1) is 4.75 Å². The van der Waals surface area contributed by atoms with Crippen LogP contribution in [-0.4, -0.2) is 54.8 Å². The molecule has 1 aliphatic heterocycles. The van der Waals surface area contributed by atoms with Crippen LogP contribution in [0.5, 0.6) is 0 Å². The average molecular weight is 423 g/mol. The van der Waals surface area contributed by atoms with Crippen molar-refractivity contribution in [2.45, 2.75) is 23.5 Å². The van der Waals surface area contributed by atoms with Crippen LogP contribution in [0, 0.1) is 0 Å². The van der Waals surface area contributed by atoms with Crippen LogP contribution in [0.4, 0.5) is 0 Å². The molecule has 23 heavy (non-hydrogen) atoms. The number of nitrogens with zero attached hydrogens (tertiary/aromatic N) is 1. The summed E-state index contributed by atoms with van der Waals surface area (Å²) in [5.74, 6) is 0.0931. The van der Waals surface area contributed by atoms with Crippen molar-refractivity contribution in [2.75, 3.05) is 39.3 Å². The van der Waals surface area contributed by atoms with Gasteiger partial charge in [0.25, 0.3) is 0 Å². The monoisotopic (exact) mass is 421 g/mol. The average Bonchev–Trinajstić information content (AvgIpc) is 2.50. The Morgan fingerprint density at radius 3 is 2.52 bits per heavy atom. The smallest absolute Gasteiger partial charge is 0.236 e. The van der Waals surface area contributed by atoms with E-state index in [1.807, 2.05) is 38.1 Å². The van der Waals surface area contributed by atoms with Crippen molar-refractivity contribution in [1.82, 2.24) is 15.5 Å². The summed E-state index contributed by atoms with van der Waals surface area (Å²) in [6.07, 6.45) is 0. The number of carbonyl (C=O) groups excluding carboxylic acids is 1. The van der Waals surface area contributed by atoms with Crippen LogP contribution in [-0.2, 0) is 4.79 Å². The highest BCUT2D eigenvalue weighted by Gasteiger charge is 2.28. The summed E-state index contributed by atoms with van der Waals surface area (Å²) in [6, 6.07) is 8.07. The van der Waals surface area contributed by atoms with Gasteiger partial charge in [0.1, 0.15) is 0 Å². The van der Waals surface area contributed by atoms with Crippen LogP contribution in [0.1, 0.15) is 13.8 Å². The molecule has 0 atom stereocenters. The molecule has 0 aliphatic carbocycles. The molecular weight excluding hydrogens is 398 g/mol. The Morgan fingerprint density at radius 1 is 1.30 bits per heavy atom. The Morgan fingerprint density at radius 2 is 1.91 bits per heavy atom. The van der Waals surface area contributed by atoms with E-state index in [0.29, 0.717) is 6.54 Å². The lowest BCUT2D eigenvalue weighted by Crippen LogP contribution is -2.48. The molecule has 1 aromatic rings. The molecule has 7 heteroatoms. The Kier molecular flexibility index (Phi) is 8.93. The van der Waals surface area contributed by atoms with E-state index in [4.69, 9.17) is 0 Å². The number of hydrogen-bond acceptors (Lipinski definition) is 4. The van der Waals surface area contributed by atoms with Gasteiger partial charge >= 0.3 is 0 Å². The molecule has 1 aromatic carbocycles. The molecule has 1 saturated heterocycles. The predicted octanol–water partition coefficient (Wildman–Crippen LogP) is 2.76. The zero-order valence-corrected chi connectivity index (χ0v) is 16.8. The lowest BCUT2D eigenvalue weighted by Gasteiger charge is -2.28. The number of amides is 1. The first-order valence-electron chi connectivity index (χ1n) is 7.63. The van der Waals surface area contributed by atoms with E-state index in [-0.39, 0.29) is 18.3 Å². The van der Waals surface area contributed by atoms with E-state index in [1.165, 1.54) is 0 Å². The van der Waals surface area contributed by atoms with Crippen molar-refractivity contribution in [3.63, 3.8) is 0 Å². The van der Waals surface area contributed by atoms with Crippen LogP contribution in [0.15, 0.2) is 33.6 Å². The van der Waals surface area contributed by atoms with Crippen LogP contribution in [0.3, 0.4) is 0 Å². The number of benzene rings is 1. The zero-order valence-electron chi connectivity index (χ0n) is 13.6. The number of halogens is 2. The first-order valence-corrected chi connectivity index (χ1v) is 9.24.